The second kappa shape index (κ2) is 9.14. The molecule has 2 aliphatic rings. The van der Waals surface area contributed by atoms with Gasteiger partial charge in [0.15, 0.2) is 0 Å². The SMILES string of the molecule is CN(C)c1ncccc1C(=O)N1CCN(C(=O)CCN2CCOCC2)CC1. The van der Waals surface area contributed by atoms with Crippen LogP contribution >= 0.6 is 0 Å². The molecule has 27 heavy (non-hydrogen) atoms. The number of morpholine rings is 1. The molecule has 2 aliphatic heterocycles. The summed E-state index contributed by atoms with van der Waals surface area (Å²) in [6.07, 6.45) is 2.22. The highest BCUT2D eigenvalue weighted by atomic mass is 16.5. The molecule has 148 valence electrons. The average molecular weight is 375 g/mol. The number of piperazine rings is 1. The van der Waals surface area contributed by atoms with Crippen LogP contribution in [0.3, 0.4) is 0 Å². The van der Waals surface area contributed by atoms with Gasteiger partial charge in [-0.2, -0.15) is 0 Å². The van der Waals surface area contributed by atoms with Crippen molar-refractivity contribution in [2.75, 3.05) is 78.0 Å². The van der Waals surface area contributed by atoms with Crippen molar-refractivity contribution in [3.63, 3.8) is 0 Å². The Morgan fingerprint density at radius 2 is 1.74 bits per heavy atom. The fourth-order valence-corrected chi connectivity index (χ4v) is 3.49. The molecule has 0 N–H and O–H groups in total. The third-order valence-electron chi connectivity index (χ3n) is 5.11. The number of anilines is 1. The van der Waals surface area contributed by atoms with Gasteiger partial charge in [-0.3, -0.25) is 14.5 Å². The Hall–Kier alpha value is -2.19. The van der Waals surface area contributed by atoms with Crippen molar-refractivity contribution < 1.29 is 14.3 Å². The van der Waals surface area contributed by atoms with Gasteiger partial charge < -0.3 is 19.4 Å². The minimum absolute atomic E-state index is 0.0211. The van der Waals surface area contributed by atoms with Crippen LogP contribution in [0, 0.1) is 0 Å². The van der Waals surface area contributed by atoms with Crippen LogP contribution in [-0.2, 0) is 9.53 Å². The predicted molar refractivity (Wildman–Crippen MR) is 103 cm³/mol. The Kier molecular flexibility index (Phi) is 6.63. The molecule has 8 nitrogen and oxygen atoms in total. The minimum Gasteiger partial charge on any atom is -0.379 e. The number of carbonyl (C=O) groups excluding carboxylic acids is 2. The first-order chi connectivity index (χ1) is 13.1. The number of hydrogen-bond acceptors (Lipinski definition) is 6. The van der Waals surface area contributed by atoms with E-state index >= 15 is 0 Å². The Labute approximate surface area is 160 Å². The van der Waals surface area contributed by atoms with Crippen LogP contribution in [0.15, 0.2) is 18.3 Å². The lowest BCUT2D eigenvalue weighted by Crippen LogP contribution is -2.51. The van der Waals surface area contributed by atoms with Crippen molar-refractivity contribution >= 4 is 17.6 Å². The lowest BCUT2D eigenvalue weighted by molar-refractivity contribution is -0.133. The maximum Gasteiger partial charge on any atom is 0.257 e. The average Bonchev–Trinajstić information content (AvgIpc) is 2.72. The Bertz CT molecular complexity index is 653. The number of aromatic nitrogens is 1. The number of ether oxygens (including phenoxy) is 1. The van der Waals surface area contributed by atoms with Crippen molar-refractivity contribution in [1.82, 2.24) is 19.7 Å². The summed E-state index contributed by atoms with van der Waals surface area (Å²) in [5, 5.41) is 0. The van der Waals surface area contributed by atoms with E-state index < -0.39 is 0 Å². The molecule has 3 rings (SSSR count). The highest BCUT2D eigenvalue weighted by Crippen LogP contribution is 2.18. The first-order valence-electron chi connectivity index (χ1n) is 9.56. The summed E-state index contributed by atoms with van der Waals surface area (Å²) in [6, 6.07) is 3.59. The molecular weight excluding hydrogens is 346 g/mol. The molecule has 1 aromatic rings. The van der Waals surface area contributed by atoms with Gasteiger partial charge in [-0.1, -0.05) is 0 Å². The van der Waals surface area contributed by atoms with Gasteiger partial charge in [0, 0.05) is 72.5 Å². The Morgan fingerprint density at radius 3 is 2.41 bits per heavy atom. The largest absolute Gasteiger partial charge is 0.379 e. The van der Waals surface area contributed by atoms with Gasteiger partial charge in [-0.05, 0) is 12.1 Å². The first-order valence-corrected chi connectivity index (χ1v) is 9.56. The molecule has 0 aromatic carbocycles. The summed E-state index contributed by atoms with van der Waals surface area (Å²) in [6.45, 7) is 6.37. The standard InChI is InChI=1S/C19H29N5O3/c1-21(2)18-16(4-3-6-20-18)19(26)24-10-8-23(9-11-24)17(25)5-7-22-12-14-27-15-13-22/h3-4,6H,5,7-15H2,1-2H3. The van der Waals surface area contributed by atoms with Gasteiger partial charge in [-0.15, -0.1) is 0 Å². The molecule has 2 fully saturated rings. The van der Waals surface area contributed by atoms with E-state index in [-0.39, 0.29) is 11.8 Å². The van der Waals surface area contributed by atoms with Crippen LogP contribution in [0.1, 0.15) is 16.8 Å². The molecule has 0 atom stereocenters. The summed E-state index contributed by atoms with van der Waals surface area (Å²) in [7, 11) is 3.76. The second-order valence-corrected chi connectivity index (χ2v) is 7.15. The van der Waals surface area contributed by atoms with Crippen molar-refractivity contribution in [3.8, 4) is 0 Å². The number of hydrogen-bond donors (Lipinski definition) is 0. The lowest BCUT2D eigenvalue weighted by atomic mass is 10.2. The van der Waals surface area contributed by atoms with E-state index in [1.54, 1.807) is 12.3 Å². The molecule has 0 aliphatic carbocycles. The van der Waals surface area contributed by atoms with Crippen molar-refractivity contribution in [3.05, 3.63) is 23.9 Å². The number of pyridine rings is 1. The van der Waals surface area contributed by atoms with E-state index in [2.05, 4.69) is 9.88 Å². The maximum atomic E-state index is 12.9. The van der Waals surface area contributed by atoms with Gasteiger partial charge in [0.1, 0.15) is 5.82 Å². The van der Waals surface area contributed by atoms with E-state index in [0.717, 1.165) is 32.8 Å². The molecule has 3 heterocycles. The van der Waals surface area contributed by atoms with Crippen LogP contribution in [0.2, 0.25) is 0 Å². The van der Waals surface area contributed by atoms with E-state index in [9.17, 15) is 9.59 Å². The number of amides is 2. The van der Waals surface area contributed by atoms with E-state index in [0.29, 0.717) is 44.0 Å². The zero-order valence-electron chi connectivity index (χ0n) is 16.3. The normalized spacial score (nSPS) is 18.4. The highest BCUT2D eigenvalue weighted by Gasteiger charge is 2.27. The van der Waals surface area contributed by atoms with Gasteiger partial charge >= 0.3 is 0 Å². The van der Waals surface area contributed by atoms with Crippen LogP contribution in [0.4, 0.5) is 5.82 Å². The van der Waals surface area contributed by atoms with Crippen LogP contribution < -0.4 is 4.90 Å². The molecule has 2 amide bonds. The summed E-state index contributed by atoms with van der Waals surface area (Å²) >= 11 is 0. The Balaban J connectivity index is 1.49. The summed E-state index contributed by atoms with van der Waals surface area (Å²) < 4.78 is 5.33. The topological polar surface area (TPSA) is 69.2 Å². The summed E-state index contributed by atoms with van der Waals surface area (Å²) in [4.78, 5) is 37.5. The molecule has 8 heteroatoms. The lowest BCUT2D eigenvalue weighted by Gasteiger charge is -2.35. The molecule has 0 saturated carbocycles. The predicted octanol–water partition coefficient (Wildman–Crippen LogP) is 0.154. The van der Waals surface area contributed by atoms with Crippen LogP contribution in [0.5, 0.6) is 0 Å². The molecule has 0 radical (unpaired) electrons. The fourth-order valence-electron chi connectivity index (χ4n) is 3.49. The van der Waals surface area contributed by atoms with Crippen molar-refractivity contribution in [2.45, 2.75) is 6.42 Å². The molecule has 1 aromatic heterocycles. The molecule has 0 spiro atoms. The molecule has 2 saturated heterocycles. The summed E-state index contributed by atoms with van der Waals surface area (Å²) in [5.41, 5.74) is 0.606. The van der Waals surface area contributed by atoms with Gasteiger partial charge in [0.2, 0.25) is 5.91 Å². The van der Waals surface area contributed by atoms with Crippen molar-refractivity contribution in [2.24, 2.45) is 0 Å². The second-order valence-electron chi connectivity index (χ2n) is 7.15. The molecular formula is C19H29N5O3. The molecule has 0 bridgehead atoms. The van der Waals surface area contributed by atoms with Gasteiger partial charge in [-0.25, -0.2) is 4.98 Å². The highest BCUT2D eigenvalue weighted by molar-refractivity contribution is 5.99. The smallest absolute Gasteiger partial charge is 0.257 e. The van der Waals surface area contributed by atoms with Gasteiger partial charge in [0.25, 0.3) is 5.91 Å². The van der Waals surface area contributed by atoms with E-state index in [1.165, 1.54) is 0 Å². The Morgan fingerprint density at radius 1 is 1.07 bits per heavy atom. The zero-order chi connectivity index (χ0) is 19.2. The number of rotatable bonds is 5. The quantitative estimate of drug-likeness (QED) is 0.730. The van der Waals surface area contributed by atoms with Crippen LogP contribution in [0.25, 0.3) is 0 Å². The summed E-state index contributed by atoms with van der Waals surface area (Å²) in [5.74, 6) is 0.822. The van der Waals surface area contributed by atoms with Crippen LogP contribution in [-0.4, -0.2) is 105 Å². The third-order valence-corrected chi connectivity index (χ3v) is 5.11. The number of nitrogens with zero attached hydrogens (tertiary/aromatic N) is 5. The minimum atomic E-state index is -0.0211. The van der Waals surface area contributed by atoms with Gasteiger partial charge in [0.05, 0.1) is 18.8 Å². The molecule has 0 unspecified atom stereocenters. The zero-order valence-corrected chi connectivity index (χ0v) is 16.3. The van der Waals surface area contributed by atoms with E-state index in [1.807, 2.05) is 34.9 Å². The maximum absolute atomic E-state index is 12.9. The van der Waals surface area contributed by atoms with E-state index in [4.69, 9.17) is 4.74 Å². The number of carbonyl (C=O) groups is 2. The third kappa shape index (κ3) is 4.95. The fraction of sp³-hybridized carbons (Fsp3) is 0.632. The monoisotopic (exact) mass is 375 g/mol. The first kappa shape index (κ1) is 19.6. The van der Waals surface area contributed by atoms with Crippen molar-refractivity contribution in [1.29, 1.82) is 0 Å².